The van der Waals surface area contributed by atoms with Gasteiger partial charge in [-0.3, -0.25) is 9.59 Å². The van der Waals surface area contributed by atoms with Crippen molar-refractivity contribution in [2.45, 2.75) is 20.8 Å². The van der Waals surface area contributed by atoms with E-state index in [0.29, 0.717) is 0 Å². The van der Waals surface area contributed by atoms with Gasteiger partial charge in [-0.1, -0.05) is 12.1 Å². The third-order valence-corrected chi connectivity index (χ3v) is 4.06. The first-order valence-electron chi connectivity index (χ1n) is 7.83. The Balaban J connectivity index is 1.92. The highest BCUT2D eigenvalue weighted by molar-refractivity contribution is 5.94. The summed E-state index contributed by atoms with van der Waals surface area (Å²) in [5.41, 5.74) is 4.69. The minimum absolute atomic E-state index is 0.0244. The molecule has 0 heterocycles. The second kappa shape index (κ2) is 7.64. The molecule has 2 rings (SSSR count). The van der Waals surface area contributed by atoms with Crippen molar-refractivity contribution in [3.63, 3.8) is 0 Å². The summed E-state index contributed by atoms with van der Waals surface area (Å²) in [6.07, 6.45) is 0. The highest BCUT2D eigenvalue weighted by atomic mass is 16.2. The van der Waals surface area contributed by atoms with Crippen LogP contribution >= 0.6 is 0 Å². The molecule has 2 aromatic rings. The van der Waals surface area contributed by atoms with Gasteiger partial charge in [-0.15, -0.1) is 0 Å². The number of hydrogen-bond donors (Lipinski definition) is 2. The van der Waals surface area contributed by atoms with Crippen molar-refractivity contribution in [3.05, 3.63) is 53.6 Å². The van der Waals surface area contributed by atoms with E-state index in [1.54, 1.807) is 11.9 Å². The monoisotopic (exact) mass is 325 g/mol. The van der Waals surface area contributed by atoms with E-state index in [2.05, 4.69) is 10.6 Å². The maximum Gasteiger partial charge on any atom is 0.243 e. The molecule has 0 saturated carbocycles. The quantitative estimate of drug-likeness (QED) is 0.886. The van der Waals surface area contributed by atoms with Gasteiger partial charge in [0.1, 0.15) is 0 Å². The zero-order valence-corrected chi connectivity index (χ0v) is 14.5. The predicted octanol–water partition coefficient (Wildman–Crippen LogP) is 3.34. The summed E-state index contributed by atoms with van der Waals surface area (Å²) < 4.78 is 0. The van der Waals surface area contributed by atoms with Crippen LogP contribution in [0.1, 0.15) is 18.1 Å². The summed E-state index contributed by atoms with van der Waals surface area (Å²) in [6.45, 7) is 5.70. The van der Waals surface area contributed by atoms with Crippen LogP contribution in [0.3, 0.4) is 0 Å². The maximum atomic E-state index is 12.1. The van der Waals surface area contributed by atoms with Crippen LogP contribution in [-0.4, -0.2) is 25.4 Å². The predicted molar refractivity (Wildman–Crippen MR) is 98.6 cm³/mol. The maximum absolute atomic E-state index is 12.1. The van der Waals surface area contributed by atoms with Crippen LogP contribution in [0.25, 0.3) is 0 Å². The average molecular weight is 325 g/mol. The second-order valence-corrected chi connectivity index (χ2v) is 5.77. The van der Waals surface area contributed by atoms with Gasteiger partial charge >= 0.3 is 0 Å². The number of carbonyl (C=O) groups excluding carboxylic acids is 2. The van der Waals surface area contributed by atoms with Gasteiger partial charge < -0.3 is 15.5 Å². The number of aryl methyl sites for hydroxylation is 1. The van der Waals surface area contributed by atoms with Crippen molar-refractivity contribution in [2.75, 3.05) is 29.1 Å². The molecule has 0 aliphatic carbocycles. The van der Waals surface area contributed by atoms with E-state index >= 15 is 0 Å². The van der Waals surface area contributed by atoms with E-state index in [1.807, 2.05) is 56.3 Å². The van der Waals surface area contributed by atoms with E-state index in [0.717, 1.165) is 28.2 Å². The third kappa shape index (κ3) is 4.35. The van der Waals surface area contributed by atoms with Crippen LogP contribution in [0, 0.1) is 13.8 Å². The van der Waals surface area contributed by atoms with Gasteiger partial charge in [-0.25, -0.2) is 0 Å². The normalized spacial score (nSPS) is 10.2. The van der Waals surface area contributed by atoms with Crippen LogP contribution < -0.4 is 15.5 Å². The average Bonchev–Trinajstić information content (AvgIpc) is 2.57. The number of amides is 2. The molecule has 0 unspecified atom stereocenters. The summed E-state index contributed by atoms with van der Waals surface area (Å²) in [6, 6.07) is 13.2. The summed E-state index contributed by atoms with van der Waals surface area (Å²) in [7, 11) is 1.72. The molecule has 0 radical (unpaired) electrons. The molecule has 2 N–H and O–H groups in total. The Morgan fingerprint density at radius 1 is 1.04 bits per heavy atom. The molecule has 5 nitrogen and oxygen atoms in total. The summed E-state index contributed by atoms with van der Waals surface area (Å²) >= 11 is 0. The minimum atomic E-state index is -0.103. The van der Waals surface area contributed by atoms with Crippen LogP contribution in [0.5, 0.6) is 0 Å². The van der Waals surface area contributed by atoms with Crippen molar-refractivity contribution in [1.29, 1.82) is 0 Å². The van der Waals surface area contributed by atoms with Crippen molar-refractivity contribution in [1.82, 2.24) is 0 Å². The molecule has 2 aromatic carbocycles. The lowest BCUT2D eigenvalue weighted by atomic mass is 10.1. The molecule has 0 aliphatic heterocycles. The molecule has 0 saturated heterocycles. The van der Waals surface area contributed by atoms with Gasteiger partial charge in [0.2, 0.25) is 11.8 Å². The highest BCUT2D eigenvalue weighted by Crippen LogP contribution is 2.19. The number of benzene rings is 2. The molecule has 2 amide bonds. The molecule has 0 aromatic heterocycles. The van der Waals surface area contributed by atoms with E-state index in [4.69, 9.17) is 0 Å². The molecule has 0 bridgehead atoms. The molecule has 0 spiro atoms. The number of hydrogen-bond acceptors (Lipinski definition) is 3. The van der Waals surface area contributed by atoms with Gasteiger partial charge in [0.25, 0.3) is 0 Å². The molecule has 126 valence electrons. The fraction of sp³-hybridized carbons (Fsp3) is 0.263. The van der Waals surface area contributed by atoms with E-state index < -0.39 is 0 Å². The van der Waals surface area contributed by atoms with Gasteiger partial charge in [0.15, 0.2) is 0 Å². The Labute approximate surface area is 142 Å². The number of carbonyl (C=O) groups is 2. The Kier molecular flexibility index (Phi) is 5.58. The van der Waals surface area contributed by atoms with Crippen LogP contribution in [0.15, 0.2) is 42.5 Å². The molecular formula is C19H23N3O2. The molecule has 24 heavy (non-hydrogen) atoms. The first-order chi connectivity index (χ1) is 11.4. The van der Waals surface area contributed by atoms with Gasteiger partial charge in [0.05, 0.1) is 6.54 Å². The van der Waals surface area contributed by atoms with E-state index in [9.17, 15) is 9.59 Å². The zero-order chi connectivity index (χ0) is 17.7. The van der Waals surface area contributed by atoms with Crippen LogP contribution in [0.4, 0.5) is 17.1 Å². The topological polar surface area (TPSA) is 61.4 Å². The third-order valence-electron chi connectivity index (χ3n) is 4.06. The van der Waals surface area contributed by atoms with Crippen molar-refractivity contribution in [3.8, 4) is 0 Å². The second-order valence-electron chi connectivity index (χ2n) is 5.77. The Morgan fingerprint density at radius 3 is 2.33 bits per heavy atom. The van der Waals surface area contributed by atoms with Crippen LogP contribution in [0.2, 0.25) is 0 Å². The zero-order valence-electron chi connectivity index (χ0n) is 14.5. The molecule has 5 heteroatoms. The Hall–Kier alpha value is -2.82. The minimum Gasteiger partial charge on any atom is -0.376 e. The molecule has 0 fully saturated rings. The first kappa shape index (κ1) is 17.5. The number of nitrogens with zero attached hydrogens (tertiary/aromatic N) is 1. The number of anilines is 3. The van der Waals surface area contributed by atoms with E-state index in [-0.39, 0.29) is 18.4 Å². The molecular weight excluding hydrogens is 302 g/mol. The smallest absolute Gasteiger partial charge is 0.243 e. The fourth-order valence-electron chi connectivity index (χ4n) is 2.25. The lowest BCUT2D eigenvalue weighted by Crippen LogP contribution is -2.23. The Bertz CT molecular complexity index is 739. The first-order valence-corrected chi connectivity index (χ1v) is 7.83. The summed E-state index contributed by atoms with van der Waals surface area (Å²) in [5, 5.41) is 5.99. The van der Waals surface area contributed by atoms with Gasteiger partial charge in [-0.05, 0) is 55.3 Å². The van der Waals surface area contributed by atoms with Gasteiger partial charge in [-0.2, -0.15) is 0 Å². The lowest BCUT2D eigenvalue weighted by molar-refractivity contribution is -0.116. The standard InChI is InChI=1S/C19H23N3O2/c1-13-6-5-7-18(14(13)2)21-19(24)12-20-16-8-10-17(11-9-16)22(4)15(3)23/h5-11,20H,12H2,1-4H3,(H,21,24). The fourth-order valence-corrected chi connectivity index (χ4v) is 2.25. The molecule has 0 aliphatic rings. The summed E-state index contributed by atoms with van der Waals surface area (Å²) in [4.78, 5) is 25.0. The van der Waals surface area contributed by atoms with Crippen LogP contribution in [-0.2, 0) is 9.59 Å². The lowest BCUT2D eigenvalue weighted by Gasteiger charge is -2.15. The largest absolute Gasteiger partial charge is 0.376 e. The van der Waals surface area contributed by atoms with Crippen molar-refractivity contribution < 1.29 is 9.59 Å². The van der Waals surface area contributed by atoms with E-state index in [1.165, 1.54) is 6.92 Å². The SMILES string of the molecule is CC(=O)N(C)c1ccc(NCC(=O)Nc2cccc(C)c2C)cc1. The summed E-state index contributed by atoms with van der Waals surface area (Å²) in [5.74, 6) is -0.128. The van der Waals surface area contributed by atoms with Crippen molar-refractivity contribution in [2.24, 2.45) is 0 Å². The van der Waals surface area contributed by atoms with Gasteiger partial charge in [0, 0.05) is 31.0 Å². The number of rotatable bonds is 5. The highest BCUT2D eigenvalue weighted by Gasteiger charge is 2.07. The Morgan fingerprint density at radius 2 is 1.71 bits per heavy atom. The van der Waals surface area contributed by atoms with Crippen molar-refractivity contribution >= 4 is 28.9 Å². The molecule has 0 atom stereocenters. The number of nitrogens with one attached hydrogen (secondary N) is 2.